The molecule has 0 spiro atoms. The van der Waals surface area contributed by atoms with E-state index >= 15 is 0 Å². The van der Waals surface area contributed by atoms with Crippen LogP contribution in [0, 0.1) is 0 Å². The van der Waals surface area contributed by atoms with Gasteiger partial charge in [-0.1, -0.05) is 23.2 Å². The van der Waals surface area contributed by atoms with Crippen LogP contribution in [0.1, 0.15) is 5.56 Å². The molecule has 1 amide bonds. The van der Waals surface area contributed by atoms with Gasteiger partial charge in [-0.25, -0.2) is 0 Å². The quantitative estimate of drug-likeness (QED) is 0.650. The van der Waals surface area contributed by atoms with Crippen LogP contribution in [0.25, 0.3) is 0 Å². The fourth-order valence-corrected chi connectivity index (χ4v) is 2.75. The Morgan fingerprint density at radius 2 is 1.75 bits per heavy atom. The fraction of sp³-hybridized carbons (Fsp3) is 0.133. The van der Waals surface area contributed by atoms with Gasteiger partial charge in [0, 0.05) is 10.0 Å². The number of benzene rings is 2. The Morgan fingerprint density at radius 1 is 1.12 bits per heavy atom. The summed E-state index contributed by atoms with van der Waals surface area (Å²) in [7, 11) is 0. The maximum absolute atomic E-state index is 13.0. The standard InChI is InChI=1S/C15H9BrCl2F3NO2/c16-11-6-9(18)2-4-13(11)24-7-14(23)22-12-3-1-8(17)5-10(12)15(19,20)21/h1-6H,7H2,(H,22,23). The van der Waals surface area contributed by atoms with E-state index in [0.29, 0.717) is 15.2 Å². The Bertz CT molecular complexity index is 769. The topological polar surface area (TPSA) is 38.3 Å². The van der Waals surface area contributed by atoms with Crippen molar-refractivity contribution in [2.45, 2.75) is 6.18 Å². The summed E-state index contributed by atoms with van der Waals surface area (Å²) in [6, 6.07) is 7.73. The number of carbonyl (C=O) groups excluding carboxylic acids is 1. The normalized spacial score (nSPS) is 11.2. The molecule has 3 nitrogen and oxygen atoms in total. The Kier molecular flexibility index (Phi) is 6.01. The van der Waals surface area contributed by atoms with Crippen molar-refractivity contribution in [3.63, 3.8) is 0 Å². The number of hydrogen-bond donors (Lipinski definition) is 1. The predicted molar refractivity (Wildman–Crippen MR) is 89.7 cm³/mol. The molecule has 0 unspecified atom stereocenters. The van der Waals surface area contributed by atoms with Gasteiger partial charge >= 0.3 is 6.18 Å². The van der Waals surface area contributed by atoms with Crippen LogP contribution in [0.4, 0.5) is 18.9 Å². The van der Waals surface area contributed by atoms with Crippen molar-refractivity contribution in [2.75, 3.05) is 11.9 Å². The third-order valence-corrected chi connectivity index (χ3v) is 3.90. The highest BCUT2D eigenvalue weighted by molar-refractivity contribution is 9.10. The smallest absolute Gasteiger partial charge is 0.418 e. The second-order valence-electron chi connectivity index (χ2n) is 4.60. The van der Waals surface area contributed by atoms with E-state index in [-0.39, 0.29) is 5.02 Å². The second kappa shape index (κ2) is 7.63. The zero-order valence-electron chi connectivity index (χ0n) is 11.8. The molecule has 0 atom stereocenters. The Morgan fingerprint density at radius 3 is 2.38 bits per heavy atom. The van der Waals surface area contributed by atoms with Crippen molar-refractivity contribution < 1.29 is 22.7 Å². The fourth-order valence-electron chi connectivity index (χ4n) is 1.78. The molecule has 0 aliphatic carbocycles. The van der Waals surface area contributed by atoms with Crippen LogP contribution >= 0.6 is 39.1 Å². The summed E-state index contributed by atoms with van der Waals surface area (Å²) in [5.41, 5.74) is -1.42. The van der Waals surface area contributed by atoms with Crippen molar-refractivity contribution in [1.29, 1.82) is 0 Å². The first kappa shape index (κ1) is 18.9. The van der Waals surface area contributed by atoms with Gasteiger partial charge in [0.25, 0.3) is 5.91 Å². The number of ether oxygens (including phenoxy) is 1. The second-order valence-corrected chi connectivity index (χ2v) is 6.33. The molecule has 9 heteroatoms. The van der Waals surface area contributed by atoms with Crippen LogP contribution in [-0.4, -0.2) is 12.5 Å². The number of halogens is 6. The van der Waals surface area contributed by atoms with E-state index in [1.807, 2.05) is 0 Å². The van der Waals surface area contributed by atoms with Crippen molar-refractivity contribution in [1.82, 2.24) is 0 Å². The van der Waals surface area contributed by atoms with Crippen LogP contribution in [0.3, 0.4) is 0 Å². The molecule has 0 heterocycles. The average Bonchev–Trinajstić information content (AvgIpc) is 2.47. The molecule has 2 aromatic rings. The first-order valence-corrected chi connectivity index (χ1v) is 7.96. The predicted octanol–water partition coefficient (Wildman–Crippen LogP) is 5.79. The maximum Gasteiger partial charge on any atom is 0.418 e. The summed E-state index contributed by atoms with van der Waals surface area (Å²) in [4.78, 5) is 11.9. The lowest BCUT2D eigenvalue weighted by atomic mass is 10.1. The lowest BCUT2D eigenvalue weighted by Crippen LogP contribution is -2.22. The SMILES string of the molecule is O=C(COc1ccc(Cl)cc1Br)Nc1ccc(Cl)cc1C(F)(F)F. The van der Waals surface area contributed by atoms with Gasteiger partial charge in [-0.3, -0.25) is 4.79 Å². The summed E-state index contributed by atoms with van der Waals surface area (Å²) in [6.45, 7) is -0.472. The number of alkyl halides is 3. The third-order valence-electron chi connectivity index (χ3n) is 2.81. The minimum Gasteiger partial charge on any atom is -0.483 e. The number of carbonyl (C=O) groups is 1. The van der Waals surface area contributed by atoms with Crippen molar-refractivity contribution in [3.8, 4) is 5.75 Å². The number of hydrogen-bond acceptors (Lipinski definition) is 2. The van der Waals surface area contributed by atoms with E-state index in [1.54, 1.807) is 12.1 Å². The van der Waals surface area contributed by atoms with Gasteiger partial charge in [0.05, 0.1) is 15.7 Å². The van der Waals surface area contributed by atoms with Crippen molar-refractivity contribution >= 4 is 50.7 Å². The van der Waals surface area contributed by atoms with Gasteiger partial charge in [-0.2, -0.15) is 13.2 Å². The summed E-state index contributed by atoms with van der Waals surface area (Å²) >= 11 is 14.6. The summed E-state index contributed by atoms with van der Waals surface area (Å²) < 4.78 is 44.7. The van der Waals surface area contributed by atoms with Gasteiger partial charge < -0.3 is 10.1 Å². The van der Waals surface area contributed by atoms with Gasteiger partial charge in [0.15, 0.2) is 6.61 Å². The van der Waals surface area contributed by atoms with E-state index in [2.05, 4.69) is 21.2 Å². The van der Waals surface area contributed by atoms with Crippen LogP contribution in [0.5, 0.6) is 5.75 Å². The van der Waals surface area contributed by atoms with E-state index in [9.17, 15) is 18.0 Å². The first-order valence-electron chi connectivity index (χ1n) is 6.41. The number of nitrogens with one attached hydrogen (secondary N) is 1. The van der Waals surface area contributed by atoms with E-state index in [4.69, 9.17) is 27.9 Å². The zero-order chi connectivity index (χ0) is 17.9. The Balaban J connectivity index is 2.08. The number of amides is 1. The van der Waals surface area contributed by atoms with Gasteiger partial charge in [0.2, 0.25) is 0 Å². The molecule has 1 N–H and O–H groups in total. The zero-order valence-corrected chi connectivity index (χ0v) is 14.9. The molecule has 0 radical (unpaired) electrons. The first-order chi connectivity index (χ1) is 11.2. The minimum atomic E-state index is -4.65. The molecule has 0 saturated carbocycles. The number of rotatable bonds is 4. The molecule has 2 aromatic carbocycles. The molecule has 0 bridgehead atoms. The molecule has 128 valence electrons. The Labute approximate surface area is 153 Å². The Hall–Kier alpha value is -1.44. The summed E-state index contributed by atoms with van der Waals surface area (Å²) in [5.74, 6) is -0.411. The lowest BCUT2D eigenvalue weighted by molar-refractivity contribution is -0.137. The van der Waals surface area contributed by atoms with E-state index < -0.39 is 29.9 Å². The van der Waals surface area contributed by atoms with Gasteiger partial charge in [-0.05, 0) is 52.3 Å². The molecule has 0 aromatic heterocycles. The monoisotopic (exact) mass is 441 g/mol. The minimum absolute atomic E-state index is 0.0818. The highest BCUT2D eigenvalue weighted by atomic mass is 79.9. The molecule has 0 saturated heterocycles. The van der Waals surface area contributed by atoms with Crippen molar-refractivity contribution in [3.05, 3.63) is 56.5 Å². The molecular formula is C15H9BrCl2F3NO2. The van der Waals surface area contributed by atoms with Crippen LogP contribution in [0.15, 0.2) is 40.9 Å². The molecule has 0 fully saturated rings. The third kappa shape index (κ3) is 5.03. The summed E-state index contributed by atoms with van der Waals surface area (Å²) in [6.07, 6.45) is -4.65. The molecule has 24 heavy (non-hydrogen) atoms. The molecule has 2 rings (SSSR count). The van der Waals surface area contributed by atoms with Crippen LogP contribution in [0.2, 0.25) is 10.0 Å². The average molecular weight is 443 g/mol. The number of anilines is 1. The van der Waals surface area contributed by atoms with E-state index in [0.717, 1.165) is 12.1 Å². The molecule has 0 aliphatic heterocycles. The maximum atomic E-state index is 13.0. The molecular weight excluding hydrogens is 434 g/mol. The van der Waals surface area contributed by atoms with Gasteiger partial charge in [-0.15, -0.1) is 0 Å². The van der Waals surface area contributed by atoms with Gasteiger partial charge in [0.1, 0.15) is 5.75 Å². The van der Waals surface area contributed by atoms with Crippen molar-refractivity contribution in [2.24, 2.45) is 0 Å². The van der Waals surface area contributed by atoms with Crippen LogP contribution in [-0.2, 0) is 11.0 Å². The van der Waals surface area contributed by atoms with Crippen LogP contribution < -0.4 is 10.1 Å². The lowest BCUT2D eigenvalue weighted by Gasteiger charge is -2.14. The highest BCUT2D eigenvalue weighted by Crippen LogP contribution is 2.36. The highest BCUT2D eigenvalue weighted by Gasteiger charge is 2.34. The van der Waals surface area contributed by atoms with E-state index in [1.165, 1.54) is 12.1 Å². The molecule has 0 aliphatic rings. The summed E-state index contributed by atoms with van der Waals surface area (Å²) in [5, 5.41) is 2.55. The largest absolute Gasteiger partial charge is 0.483 e.